The first kappa shape index (κ1) is 17.4. The van der Waals surface area contributed by atoms with Crippen molar-refractivity contribution in [2.24, 2.45) is 0 Å². The molecule has 0 heterocycles. The fraction of sp³-hybridized carbons (Fsp3) is 0.211. The van der Waals surface area contributed by atoms with E-state index in [2.05, 4.69) is 15.9 Å². The quantitative estimate of drug-likeness (QED) is 0.271. The smallest absolute Gasteiger partial charge is 0.185 e. The van der Waals surface area contributed by atoms with Gasteiger partial charge in [0.25, 0.3) is 0 Å². The number of hydrogen-bond donors (Lipinski definition) is 0. The van der Waals surface area contributed by atoms with Crippen LogP contribution in [0.5, 0.6) is 5.75 Å². The van der Waals surface area contributed by atoms with Crippen LogP contribution in [0.4, 0.5) is 4.39 Å². The molecule has 0 aromatic heterocycles. The number of rotatable bonds is 8. The molecule has 0 aliphatic rings. The van der Waals surface area contributed by atoms with E-state index < -0.39 is 0 Å². The van der Waals surface area contributed by atoms with Crippen LogP contribution in [0.3, 0.4) is 0 Å². The van der Waals surface area contributed by atoms with Gasteiger partial charge >= 0.3 is 0 Å². The van der Waals surface area contributed by atoms with Crippen molar-refractivity contribution >= 4 is 27.8 Å². The number of carbonyl (C=O) groups excluding carboxylic acids is 1. The molecule has 2 aromatic carbocycles. The molecule has 0 unspecified atom stereocenters. The largest absolute Gasteiger partial charge is 0.494 e. The maximum absolute atomic E-state index is 12.8. The Labute approximate surface area is 144 Å². The van der Waals surface area contributed by atoms with Crippen LogP contribution >= 0.6 is 15.9 Å². The number of halogens is 2. The van der Waals surface area contributed by atoms with Gasteiger partial charge in [0.05, 0.1) is 6.61 Å². The van der Waals surface area contributed by atoms with E-state index in [0.717, 1.165) is 29.5 Å². The van der Waals surface area contributed by atoms with E-state index in [1.165, 1.54) is 30.3 Å². The number of ketones is 1. The minimum Gasteiger partial charge on any atom is -0.494 e. The maximum Gasteiger partial charge on any atom is 0.185 e. The number of allylic oxidation sites excluding steroid dienone is 1. The van der Waals surface area contributed by atoms with E-state index in [-0.39, 0.29) is 11.6 Å². The SMILES string of the molecule is O=C(C=Cc1ccc(OCCCCBr)cc1)c1ccc(F)cc1. The lowest BCUT2D eigenvalue weighted by molar-refractivity contribution is 0.104. The molecular weight excluding hydrogens is 359 g/mol. The van der Waals surface area contributed by atoms with Gasteiger partial charge in [0.15, 0.2) is 5.78 Å². The number of benzene rings is 2. The van der Waals surface area contributed by atoms with Crippen molar-refractivity contribution in [2.45, 2.75) is 12.8 Å². The molecule has 2 rings (SSSR count). The Bertz CT molecular complexity index is 648. The first-order valence-electron chi connectivity index (χ1n) is 7.46. The Morgan fingerprint density at radius 1 is 1.04 bits per heavy atom. The van der Waals surface area contributed by atoms with Crippen molar-refractivity contribution in [3.05, 3.63) is 71.6 Å². The van der Waals surface area contributed by atoms with Crippen LogP contribution in [0.1, 0.15) is 28.8 Å². The summed E-state index contributed by atoms with van der Waals surface area (Å²) in [5.74, 6) is 0.318. The molecule has 0 fully saturated rings. The summed E-state index contributed by atoms with van der Waals surface area (Å²) in [7, 11) is 0. The molecule has 0 bridgehead atoms. The molecule has 0 aliphatic carbocycles. The Balaban J connectivity index is 1.89. The summed E-state index contributed by atoms with van der Waals surface area (Å²) in [4.78, 5) is 12.0. The first-order chi connectivity index (χ1) is 11.2. The van der Waals surface area contributed by atoms with E-state index in [1.54, 1.807) is 6.08 Å². The second kappa shape index (κ2) is 9.26. The predicted octanol–water partition coefficient (Wildman–Crippen LogP) is 5.28. The average Bonchev–Trinajstić information content (AvgIpc) is 2.58. The minimum atomic E-state index is -0.350. The minimum absolute atomic E-state index is 0.153. The summed E-state index contributed by atoms with van der Waals surface area (Å²) in [5, 5.41) is 0.988. The van der Waals surface area contributed by atoms with E-state index in [1.807, 2.05) is 24.3 Å². The number of carbonyl (C=O) groups is 1. The summed E-state index contributed by atoms with van der Waals surface area (Å²) in [6.45, 7) is 0.698. The van der Waals surface area contributed by atoms with Gasteiger partial charge in [0.2, 0.25) is 0 Å². The number of hydrogen-bond acceptors (Lipinski definition) is 2. The highest BCUT2D eigenvalue weighted by Crippen LogP contribution is 2.14. The summed E-state index contributed by atoms with van der Waals surface area (Å²) in [6, 6.07) is 13.1. The normalized spacial score (nSPS) is 10.9. The topological polar surface area (TPSA) is 26.3 Å². The molecule has 2 aromatic rings. The van der Waals surface area contributed by atoms with E-state index >= 15 is 0 Å². The van der Waals surface area contributed by atoms with Gasteiger partial charge in [-0.1, -0.05) is 34.1 Å². The van der Waals surface area contributed by atoms with Gasteiger partial charge in [-0.2, -0.15) is 0 Å². The van der Waals surface area contributed by atoms with Crippen molar-refractivity contribution in [3.8, 4) is 5.75 Å². The molecule has 0 radical (unpaired) electrons. The fourth-order valence-electron chi connectivity index (χ4n) is 1.94. The third-order valence-electron chi connectivity index (χ3n) is 3.23. The van der Waals surface area contributed by atoms with E-state index in [0.29, 0.717) is 12.2 Å². The molecular formula is C19H18BrFO2. The molecule has 0 aliphatic heterocycles. The zero-order valence-corrected chi connectivity index (χ0v) is 14.3. The van der Waals surface area contributed by atoms with Gasteiger partial charge in [-0.25, -0.2) is 4.39 Å². The predicted molar refractivity (Wildman–Crippen MR) is 94.7 cm³/mol. The number of ether oxygens (including phenoxy) is 1. The molecule has 0 spiro atoms. The highest BCUT2D eigenvalue weighted by atomic mass is 79.9. The summed E-state index contributed by atoms with van der Waals surface area (Å²) >= 11 is 3.39. The first-order valence-corrected chi connectivity index (χ1v) is 8.58. The average molecular weight is 377 g/mol. The Hall–Kier alpha value is -1.94. The van der Waals surface area contributed by atoms with Crippen LogP contribution in [0.2, 0.25) is 0 Å². The van der Waals surface area contributed by atoms with Crippen molar-refractivity contribution in [1.82, 2.24) is 0 Å². The number of unbranched alkanes of at least 4 members (excludes halogenated alkanes) is 1. The zero-order chi connectivity index (χ0) is 16.5. The zero-order valence-electron chi connectivity index (χ0n) is 12.7. The van der Waals surface area contributed by atoms with Gasteiger partial charge < -0.3 is 4.74 Å². The standard InChI is InChI=1S/C19H18BrFO2/c20-13-1-2-14-23-18-10-3-15(4-11-18)5-12-19(22)16-6-8-17(21)9-7-16/h3-12H,1-2,13-14H2. The van der Waals surface area contributed by atoms with Gasteiger partial charge in [-0.15, -0.1) is 0 Å². The highest BCUT2D eigenvalue weighted by molar-refractivity contribution is 9.09. The molecule has 0 amide bonds. The molecule has 120 valence electrons. The van der Waals surface area contributed by atoms with Gasteiger partial charge in [-0.05, 0) is 60.9 Å². The van der Waals surface area contributed by atoms with Crippen LogP contribution in [0, 0.1) is 5.82 Å². The lowest BCUT2D eigenvalue weighted by Gasteiger charge is -2.05. The molecule has 23 heavy (non-hydrogen) atoms. The molecule has 0 saturated heterocycles. The van der Waals surface area contributed by atoms with Crippen LogP contribution in [-0.2, 0) is 0 Å². The lowest BCUT2D eigenvalue weighted by Crippen LogP contribution is -1.97. The highest BCUT2D eigenvalue weighted by Gasteiger charge is 2.01. The van der Waals surface area contributed by atoms with Crippen LogP contribution in [0.15, 0.2) is 54.6 Å². The second-order valence-electron chi connectivity index (χ2n) is 5.02. The molecule has 2 nitrogen and oxygen atoms in total. The third-order valence-corrected chi connectivity index (χ3v) is 3.79. The Kier molecular flexibility index (Phi) is 7.01. The monoisotopic (exact) mass is 376 g/mol. The summed E-state index contributed by atoms with van der Waals surface area (Å²) in [5.41, 5.74) is 1.38. The fourth-order valence-corrected chi connectivity index (χ4v) is 2.34. The molecule has 0 N–H and O–H groups in total. The second-order valence-corrected chi connectivity index (χ2v) is 5.81. The summed E-state index contributed by atoms with van der Waals surface area (Å²) < 4.78 is 18.4. The van der Waals surface area contributed by atoms with Crippen molar-refractivity contribution in [1.29, 1.82) is 0 Å². The molecule has 0 atom stereocenters. The van der Waals surface area contributed by atoms with Crippen molar-refractivity contribution in [2.75, 3.05) is 11.9 Å². The molecule has 0 saturated carbocycles. The maximum atomic E-state index is 12.8. The molecule has 4 heteroatoms. The van der Waals surface area contributed by atoms with Crippen molar-refractivity contribution in [3.63, 3.8) is 0 Å². The van der Waals surface area contributed by atoms with E-state index in [9.17, 15) is 9.18 Å². The lowest BCUT2D eigenvalue weighted by atomic mass is 10.1. The Morgan fingerprint density at radius 2 is 1.74 bits per heavy atom. The van der Waals surface area contributed by atoms with Crippen molar-refractivity contribution < 1.29 is 13.9 Å². The Morgan fingerprint density at radius 3 is 2.39 bits per heavy atom. The van der Waals surface area contributed by atoms with Crippen LogP contribution in [0.25, 0.3) is 6.08 Å². The van der Waals surface area contributed by atoms with Crippen LogP contribution in [-0.4, -0.2) is 17.7 Å². The van der Waals surface area contributed by atoms with Gasteiger partial charge in [0, 0.05) is 10.9 Å². The summed E-state index contributed by atoms with van der Waals surface area (Å²) in [6.07, 6.45) is 5.32. The van der Waals surface area contributed by atoms with Crippen LogP contribution < -0.4 is 4.74 Å². The van der Waals surface area contributed by atoms with E-state index in [4.69, 9.17) is 4.74 Å². The third kappa shape index (κ3) is 5.99. The van der Waals surface area contributed by atoms with Gasteiger partial charge in [-0.3, -0.25) is 4.79 Å². The number of alkyl halides is 1. The van der Waals surface area contributed by atoms with Gasteiger partial charge in [0.1, 0.15) is 11.6 Å².